The van der Waals surface area contributed by atoms with Crippen LogP contribution in [0.25, 0.3) is 5.65 Å². The molecule has 25 heavy (non-hydrogen) atoms. The van der Waals surface area contributed by atoms with Crippen LogP contribution >= 0.6 is 11.6 Å². The SMILES string of the molecule is O=C(CCCc1ccc(Cl)cc1)NCCc1cn2cc(F)ccc2n1. The normalized spacial score (nSPS) is 11.0. The quantitative estimate of drug-likeness (QED) is 0.697. The molecule has 1 aromatic carbocycles. The van der Waals surface area contributed by atoms with E-state index in [0.717, 1.165) is 23.6 Å². The highest BCUT2D eigenvalue weighted by Crippen LogP contribution is 2.11. The van der Waals surface area contributed by atoms with Gasteiger partial charge in [0.1, 0.15) is 11.5 Å². The van der Waals surface area contributed by atoms with Crippen molar-refractivity contribution in [2.75, 3.05) is 6.54 Å². The zero-order valence-electron chi connectivity index (χ0n) is 13.7. The third kappa shape index (κ3) is 5.03. The van der Waals surface area contributed by atoms with Crippen molar-refractivity contribution in [3.63, 3.8) is 0 Å². The Kier molecular flexibility index (Phi) is 5.66. The number of benzene rings is 1. The largest absolute Gasteiger partial charge is 0.356 e. The molecule has 0 spiro atoms. The van der Waals surface area contributed by atoms with Gasteiger partial charge < -0.3 is 9.72 Å². The first-order chi connectivity index (χ1) is 12.1. The highest BCUT2D eigenvalue weighted by Gasteiger charge is 2.05. The summed E-state index contributed by atoms with van der Waals surface area (Å²) in [6.07, 6.45) is 5.92. The first-order valence-electron chi connectivity index (χ1n) is 8.24. The molecule has 0 saturated heterocycles. The predicted octanol–water partition coefficient (Wildman–Crippen LogP) is 3.81. The molecule has 6 heteroatoms. The molecule has 2 heterocycles. The number of aromatic nitrogens is 2. The predicted molar refractivity (Wildman–Crippen MR) is 96.3 cm³/mol. The third-order valence-electron chi connectivity index (χ3n) is 3.95. The number of aryl methyl sites for hydroxylation is 1. The summed E-state index contributed by atoms with van der Waals surface area (Å²) >= 11 is 5.85. The Labute approximate surface area is 150 Å². The number of fused-ring (bicyclic) bond motifs is 1. The van der Waals surface area contributed by atoms with E-state index >= 15 is 0 Å². The number of hydrogen-bond acceptors (Lipinski definition) is 2. The molecular weight excluding hydrogens is 341 g/mol. The molecule has 0 unspecified atom stereocenters. The number of nitrogens with one attached hydrogen (secondary N) is 1. The van der Waals surface area contributed by atoms with Crippen LogP contribution in [0.1, 0.15) is 24.1 Å². The van der Waals surface area contributed by atoms with Gasteiger partial charge in [-0.3, -0.25) is 4.79 Å². The Balaban J connectivity index is 1.39. The van der Waals surface area contributed by atoms with Crippen molar-refractivity contribution in [1.29, 1.82) is 0 Å². The average molecular weight is 360 g/mol. The van der Waals surface area contributed by atoms with Gasteiger partial charge in [-0.2, -0.15) is 0 Å². The Morgan fingerprint density at radius 3 is 2.72 bits per heavy atom. The summed E-state index contributed by atoms with van der Waals surface area (Å²) in [5.41, 5.74) is 2.70. The van der Waals surface area contributed by atoms with Crippen LogP contribution in [0, 0.1) is 5.82 Å². The van der Waals surface area contributed by atoms with Gasteiger partial charge in [0.15, 0.2) is 0 Å². The molecule has 0 bridgehead atoms. The van der Waals surface area contributed by atoms with Crippen LogP contribution in [0.15, 0.2) is 48.8 Å². The van der Waals surface area contributed by atoms with Crippen molar-refractivity contribution in [1.82, 2.24) is 14.7 Å². The number of pyridine rings is 1. The fourth-order valence-electron chi connectivity index (χ4n) is 2.66. The molecule has 0 radical (unpaired) electrons. The van der Waals surface area contributed by atoms with Crippen LogP contribution in [0.5, 0.6) is 0 Å². The van der Waals surface area contributed by atoms with Gasteiger partial charge in [0.05, 0.1) is 5.69 Å². The van der Waals surface area contributed by atoms with Crippen LogP contribution < -0.4 is 5.32 Å². The molecule has 0 atom stereocenters. The van der Waals surface area contributed by atoms with E-state index in [9.17, 15) is 9.18 Å². The molecule has 4 nitrogen and oxygen atoms in total. The monoisotopic (exact) mass is 359 g/mol. The Hall–Kier alpha value is -2.40. The lowest BCUT2D eigenvalue weighted by Gasteiger charge is -2.04. The summed E-state index contributed by atoms with van der Waals surface area (Å²) in [5.74, 6) is -0.269. The lowest BCUT2D eigenvalue weighted by molar-refractivity contribution is -0.121. The molecular formula is C19H19ClFN3O. The lowest BCUT2D eigenvalue weighted by atomic mass is 10.1. The Bertz CT molecular complexity index is 861. The maximum atomic E-state index is 13.2. The summed E-state index contributed by atoms with van der Waals surface area (Å²) in [4.78, 5) is 16.3. The first kappa shape index (κ1) is 17.4. The van der Waals surface area contributed by atoms with Crippen LogP contribution in [0.4, 0.5) is 4.39 Å². The molecule has 1 amide bonds. The summed E-state index contributed by atoms with van der Waals surface area (Å²) in [5, 5.41) is 3.62. The molecule has 0 saturated carbocycles. The molecule has 0 aliphatic carbocycles. The number of halogens is 2. The van der Waals surface area contributed by atoms with Crippen molar-refractivity contribution in [2.45, 2.75) is 25.7 Å². The molecule has 130 valence electrons. The molecule has 0 aliphatic rings. The van der Waals surface area contributed by atoms with Gasteiger partial charge in [0.25, 0.3) is 0 Å². The first-order valence-corrected chi connectivity index (χ1v) is 8.62. The highest BCUT2D eigenvalue weighted by molar-refractivity contribution is 6.30. The van der Waals surface area contributed by atoms with Gasteiger partial charge in [-0.25, -0.2) is 9.37 Å². The highest BCUT2D eigenvalue weighted by atomic mass is 35.5. The second kappa shape index (κ2) is 8.12. The van der Waals surface area contributed by atoms with Gasteiger partial charge in [0.2, 0.25) is 5.91 Å². The summed E-state index contributed by atoms with van der Waals surface area (Å²) in [6.45, 7) is 0.520. The smallest absolute Gasteiger partial charge is 0.220 e. The van der Waals surface area contributed by atoms with Gasteiger partial charge >= 0.3 is 0 Å². The van der Waals surface area contributed by atoms with E-state index in [1.807, 2.05) is 24.3 Å². The average Bonchev–Trinajstić information content (AvgIpc) is 2.98. The van der Waals surface area contributed by atoms with Gasteiger partial charge in [-0.1, -0.05) is 23.7 Å². The number of carbonyl (C=O) groups excluding carboxylic acids is 1. The number of amides is 1. The Morgan fingerprint density at radius 1 is 1.12 bits per heavy atom. The zero-order valence-corrected chi connectivity index (χ0v) is 14.5. The van der Waals surface area contributed by atoms with Crippen molar-refractivity contribution in [3.05, 3.63) is 70.9 Å². The van der Waals surface area contributed by atoms with Crippen molar-refractivity contribution >= 4 is 23.2 Å². The lowest BCUT2D eigenvalue weighted by Crippen LogP contribution is -2.25. The molecule has 1 N–H and O–H groups in total. The number of carbonyl (C=O) groups is 1. The number of nitrogens with zero attached hydrogens (tertiary/aromatic N) is 2. The molecule has 0 fully saturated rings. The van der Waals surface area contributed by atoms with E-state index in [0.29, 0.717) is 25.0 Å². The standard InChI is InChI=1S/C19H19ClFN3O/c20-15-6-4-14(5-7-15)2-1-3-19(25)22-11-10-17-13-24-12-16(21)8-9-18(24)23-17/h4-9,12-13H,1-3,10-11H2,(H,22,25). The van der Waals surface area contributed by atoms with Crippen LogP contribution in [-0.2, 0) is 17.6 Å². The minimum atomic E-state index is -0.301. The number of imidazole rings is 1. The summed E-state index contributed by atoms with van der Waals surface area (Å²) < 4.78 is 14.8. The third-order valence-corrected chi connectivity index (χ3v) is 4.20. The van der Waals surface area contributed by atoms with E-state index in [-0.39, 0.29) is 11.7 Å². The number of hydrogen-bond donors (Lipinski definition) is 1. The van der Waals surface area contributed by atoms with Crippen LogP contribution in [0.2, 0.25) is 5.02 Å². The van der Waals surface area contributed by atoms with Crippen molar-refractivity contribution in [2.24, 2.45) is 0 Å². The second-order valence-electron chi connectivity index (χ2n) is 5.92. The molecule has 3 rings (SSSR count). The zero-order chi connectivity index (χ0) is 17.6. The fraction of sp³-hybridized carbons (Fsp3) is 0.263. The second-order valence-corrected chi connectivity index (χ2v) is 6.36. The van der Waals surface area contributed by atoms with Gasteiger partial charge in [-0.15, -0.1) is 0 Å². The van der Waals surface area contributed by atoms with E-state index in [2.05, 4.69) is 10.3 Å². The van der Waals surface area contributed by atoms with E-state index in [4.69, 9.17) is 11.6 Å². The van der Waals surface area contributed by atoms with E-state index in [1.165, 1.54) is 17.8 Å². The molecule has 0 aliphatic heterocycles. The van der Waals surface area contributed by atoms with Gasteiger partial charge in [0, 0.05) is 36.8 Å². The maximum Gasteiger partial charge on any atom is 0.220 e. The fourth-order valence-corrected chi connectivity index (χ4v) is 2.79. The van der Waals surface area contributed by atoms with Crippen molar-refractivity contribution in [3.8, 4) is 0 Å². The van der Waals surface area contributed by atoms with Crippen molar-refractivity contribution < 1.29 is 9.18 Å². The van der Waals surface area contributed by atoms with E-state index < -0.39 is 0 Å². The minimum Gasteiger partial charge on any atom is -0.356 e. The van der Waals surface area contributed by atoms with Crippen LogP contribution in [-0.4, -0.2) is 21.8 Å². The molecule has 2 aromatic heterocycles. The maximum absolute atomic E-state index is 13.2. The minimum absolute atomic E-state index is 0.0313. The summed E-state index contributed by atoms with van der Waals surface area (Å²) in [6, 6.07) is 10.7. The Morgan fingerprint density at radius 2 is 1.92 bits per heavy atom. The molecule has 3 aromatic rings. The number of rotatable bonds is 7. The van der Waals surface area contributed by atoms with Gasteiger partial charge in [-0.05, 0) is 42.7 Å². The summed E-state index contributed by atoms with van der Waals surface area (Å²) in [7, 11) is 0. The topological polar surface area (TPSA) is 46.4 Å². The van der Waals surface area contributed by atoms with Crippen LogP contribution in [0.3, 0.4) is 0 Å². The van der Waals surface area contributed by atoms with E-state index in [1.54, 1.807) is 16.7 Å².